The van der Waals surface area contributed by atoms with Gasteiger partial charge in [0, 0.05) is 6.42 Å². The Hall–Kier alpha value is -1.57. The number of benzene rings is 1. The van der Waals surface area contributed by atoms with Gasteiger partial charge < -0.3 is 5.32 Å². The maximum absolute atomic E-state index is 11.3. The second kappa shape index (κ2) is 4.09. The number of carbonyl (C=O) groups is 1. The topological polar surface area (TPSA) is 29.1 Å². The van der Waals surface area contributed by atoms with Gasteiger partial charge in [-0.2, -0.15) is 0 Å². The first-order valence-electron chi connectivity index (χ1n) is 4.85. The van der Waals surface area contributed by atoms with Crippen LogP contribution in [-0.2, 0) is 4.79 Å². The number of hydrogen-bond donors (Lipinski definition) is 1. The molecular formula is C12H13NO. The van der Waals surface area contributed by atoms with Crippen molar-refractivity contribution >= 4 is 5.91 Å². The van der Waals surface area contributed by atoms with Gasteiger partial charge in [0.25, 0.3) is 0 Å². The summed E-state index contributed by atoms with van der Waals surface area (Å²) < 4.78 is 0. The lowest BCUT2D eigenvalue weighted by atomic mass is 10.0. The van der Waals surface area contributed by atoms with Gasteiger partial charge in [-0.15, -0.1) is 0 Å². The Labute approximate surface area is 83.6 Å². The van der Waals surface area contributed by atoms with Crippen LogP contribution < -0.4 is 5.32 Å². The third-order valence-corrected chi connectivity index (χ3v) is 2.38. The van der Waals surface area contributed by atoms with Crippen LogP contribution in [0.2, 0.25) is 0 Å². The molecule has 0 radical (unpaired) electrons. The summed E-state index contributed by atoms with van der Waals surface area (Å²) in [5.41, 5.74) is 1.17. The molecule has 1 aliphatic rings. The Bertz CT molecular complexity index is 343. The maximum atomic E-state index is 11.3. The van der Waals surface area contributed by atoms with Crippen LogP contribution in [-0.4, -0.2) is 5.91 Å². The van der Waals surface area contributed by atoms with Crippen LogP contribution in [0.5, 0.6) is 0 Å². The molecule has 14 heavy (non-hydrogen) atoms. The van der Waals surface area contributed by atoms with Crippen molar-refractivity contribution in [3.63, 3.8) is 0 Å². The van der Waals surface area contributed by atoms with E-state index >= 15 is 0 Å². The first-order chi connectivity index (χ1) is 6.86. The largest absolute Gasteiger partial charge is 0.349 e. The fourth-order valence-electron chi connectivity index (χ4n) is 1.64. The van der Waals surface area contributed by atoms with Crippen molar-refractivity contribution < 1.29 is 4.79 Å². The van der Waals surface area contributed by atoms with E-state index in [0.29, 0.717) is 6.42 Å². The highest BCUT2D eigenvalue weighted by Crippen LogP contribution is 2.18. The van der Waals surface area contributed by atoms with Crippen molar-refractivity contribution in [2.45, 2.75) is 18.9 Å². The van der Waals surface area contributed by atoms with E-state index in [1.54, 1.807) is 0 Å². The summed E-state index contributed by atoms with van der Waals surface area (Å²) in [4.78, 5) is 11.3. The molecule has 1 aromatic rings. The zero-order chi connectivity index (χ0) is 9.80. The Balaban J connectivity index is 2.18. The standard InChI is InChI=1S/C12H13NO/c14-12-9-5-4-8-11(13-12)10-6-2-1-3-7-10/h1-7,11H,8-9H2,(H,13,14). The molecular weight excluding hydrogens is 174 g/mol. The highest BCUT2D eigenvalue weighted by Gasteiger charge is 2.14. The van der Waals surface area contributed by atoms with Gasteiger partial charge in [0.15, 0.2) is 0 Å². The number of nitrogens with one attached hydrogen (secondary N) is 1. The van der Waals surface area contributed by atoms with Gasteiger partial charge in [0.2, 0.25) is 5.91 Å². The average molecular weight is 187 g/mol. The monoisotopic (exact) mass is 187 g/mol. The predicted octanol–water partition coefficient (Wildman–Crippen LogP) is 2.19. The Kier molecular flexibility index (Phi) is 2.63. The second-order valence-corrected chi connectivity index (χ2v) is 3.44. The summed E-state index contributed by atoms with van der Waals surface area (Å²) in [7, 11) is 0. The van der Waals surface area contributed by atoms with E-state index in [1.165, 1.54) is 5.56 Å². The second-order valence-electron chi connectivity index (χ2n) is 3.44. The third kappa shape index (κ3) is 2.02. The Morgan fingerprint density at radius 1 is 1.14 bits per heavy atom. The zero-order valence-corrected chi connectivity index (χ0v) is 7.94. The highest BCUT2D eigenvalue weighted by molar-refractivity contribution is 5.78. The maximum Gasteiger partial charge on any atom is 0.224 e. The average Bonchev–Trinajstić information content (AvgIpc) is 2.44. The molecule has 0 aromatic heterocycles. The number of amides is 1. The number of rotatable bonds is 1. The molecule has 1 unspecified atom stereocenters. The van der Waals surface area contributed by atoms with E-state index in [9.17, 15) is 4.79 Å². The minimum atomic E-state index is 0.104. The van der Waals surface area contributed by atoms with Gasteiger partial charge in [-0.3, -0.25) is 4.79 Å². The molecule has 1 N–H and O–H groups in total. The molecule has 0 saturated heterocycles. The molecule has 0 saturated carbocycles. The molecule has 0 fully saturated rings. The molecule has 0 spiro atoms. The van der Waals surface area contributed by atoms with Gasteiger partial charge in [0.05, 0.1) is 6.04 Å². The van der Waals surface area contributed by atoms with Crippen molar-refractivity contribution in [1.29, 1.82) is 0 Å². The molecule has 1 aliphatic heterocycles. The molecule has 0 aliphatic carbocycles. The summed E-state index contributed by atoms with van der Waals surface area (Å²) in [6, 6.07) is 10.2. The molecule has 1 amide bonds. The van der Waals surface area contributed by atoms with Crippen molar-refractivity contribution in [2.24, 2.45) is 0 Å². The lowest BCUT2D eigenvalue weighted by molar-refractivity contribution is -0.120. The van der Waals surface area contributed by atoms with Crippen LogP contribution in [0.15, 0.2) is 42.5 Å². The van der Waals surface area contributed by atoms with Gasteiger partial charge in [0.1, 0.15) is 0 Å². The van der Waals surface area contributed by atoms with E-state index in [2.05, 4.69) is 11.4 Å². The van der Waals surface area contributed by atoms with Crippen molar-refractivity contribution in [3.8, 4) is 0 Å². The summed E-state index contributed by atoms with van der Waals surface area (Å²) >= 11 is 0. The number of carbonyl (C=O) groups excluding carboxylic acids is 1. The first-order valence-corrected chi connectivity index (χ1v) is 4.85. The van der Waals surface area contributed by atoms with E-state index < -0.39 is 0 Å². The minimum Gasteiger partial charge on any atom is -0.349 e. The molecule has 1 heterocycles. The Morgan fingerprint density at radius 2 is 1.93 bits per heavy atom. The Morgan fingerprint density at radius 3 is 2.71 bits per heavy atom. The lowest BCUT2D eigenvalue weighted by Gasteiger charge is -2.15. The van der Waals surface area contributed by atoms with Crippen LogP contribution in [0.3, 0.4) is 0 Å². The molecule has 2 heteroatoms. The van der Waals surface area contributed by atoms with Gasteiger partial charge in [-0.25, -0.2) is 0 Å². The fourth-order valence-corrected chi connectivity index (χ4v) is 1.64. The highest BCUT2D eigenvalue weighted by atomic mass is 16.1. The van der Waals surface area contributed by atoms with Gasteiger partial charge >= 0.3 is 0 Å². The van der Waals surface area contributed by atoms with E-state index in [4.69, 9.17) is 0 Å². The van der Waals surface area contributed by atoms with Crippen LogP contribution >= 0.6 is 0 Å². The molecule has 0 bridgehead atoms. The first kappa shape index (κ1) is 9.00. The molecule has 1 aromatic carbocycles. The number of hydrogen-bond acceptors (Lipinski definition) is 1. The predicted molar refractivity (Wildman–Crippen MR) is 55.7 cm³/mol. The van der Waals surface area contributed by atoms with E-state index in [-0.39, 0.29) is 11.9 Å². The molecule has 72 valence electrons. The van der Waals surface area contributed by atoms with E-state index in [1.807, 2.05) is 36.4 Å². The van der Waals surface area contributed by atoms with Crippen LogP contribution in [0.25, 0.3) is 0 Å². The van der Waals surface area contributed by atoms with Gasteiger partial charge in [-0.1, -0.05) is 42.5 Å². The molecule has 2 nitrogen and oxygen atoms in total. The SMILES string of the molecule is O=C1CC=CCC(c2ccccc2)N1. The van der Waals surface area contributed by atoms with Crippen LogP contribution in [0, 0.1) is 0 Å². The summed E-state index contributed by atoms with van der Waals surface area (Å²) in [5, 5.41) is 2.99. The van der Waals surface area contributed by atoms with Gasteiger partial charge in [-0.05, 0) is 12.0 Å². The minimum absolute atomic E-state index is 0.104. The fraction of sp³-hybridized carbons (Fsp3) is 0.250. The zero-order valence-electron chi connectivity index (χ0n) is 7.94. The quantitative estimate of drug-likeness (QED) is 0.671. The smallest absolute Gasteiger partial charge is 0.224 e. The summed E-state index contributed by atoms with van der Waals surface area (Å²) in [6.07, 6.45) is 5.38. The van der Waals surface area contributed by atoms with Crippen LogP contribution in [0.4, 0.5) is 0 Å². The van der Waals surface area contributed by atoms with Crippen LogP contribution in [0.1, 0.15) is 24.4 Å². The molecule has 2 rings (SSSR count). The summed E-state index contributed by atoms with van der Waals surface area (Å²) in [6.45, 7) is 0. The molecule has 1 atom stereocenters. The summed E-state index contributed by atoms with van der Waals surface area (Å²) in [5.74, 6) is 0.104. The lowest BCUT2D eigenvalue weighted by Crippen LogP contribution is -2.26. The third-order valence-electron chi connectivity index (χ3n) is 2.38. The van der Waals surface area contributed by atoms with Crippen molar-refractivity contribution in [1.82, 2.24) is 5.32 Å². The normalized spacial score (nSPS) is 21.4. The van der Waals surface area contributed by atoms with Crippen molar-refractivity contribution in [3.05, 3.63) is 48.0 Å². The van der Waals surface area contributed by atoms with Crippen molar-refractivity contribution in [2.75, 3.05) is 0 Å². The van der Waals surface area contributed by atoms with E-state index in [0.717, 1.165) is 6.42 Å².